The molecular weight excluding hydrogens is 784 g/mol. The first-order valence-electron chi connectivity index (χ1n) is 16.9. The van der Waals surface area contributed by atoms with Crippen molar-refractivity contribution in [3.05, 3.63) is 131 Å². The van der Waals surface area contributed by atoms with E-state index in [4.69, 9.17) is 14.8 Å². The topological polar surface area (TPSA) is 44.9 Å². The fraction of sp³-hybridized carbons (Fsp3) is 0.256. The fourth-order valence-corrected chi connectivity index (χ4v) is 6.84. The van der Waals surface area contributed by atoms with E-state index in [0.717, 1.165) is 75.3 Å². The predicted octanol–water partition coefficient (Wildman–Crippen LogP) is 10.9. The summed E-state index contributed by atoms with van der Waals surface area (Å²) in [5.74, 6) is 2.14. The summed E-state index contributed by atoms with van der Waals surface area (Å²) in [7, 11) is 0. The van der Waals surface area contributed by atoms with Gasteiger partial charge in [0.1, 0.15) is 5.82 Å². The van der Waals surface area contributed by atoms with Crippen LogP contribution in [0.3, 0.4) is 0 Å². The molecule has 0 unspecified atom stereocenters. The molecule has 4 aromatic carbocycles. The number of hydrogen-bond acceptors (Lipinski definition) is 3. The van der Waals surface area contributed by atoms with Crippen LogP contribution >= 0.6 is 0 Å². The van der Waals surface area contributed by atoms with E-state index in [9.17, 15) is 0 Å². The van der Waals surface area contributed by atoms with Gasteiger partial charge in [-0.2, -0.15) is 16.7 Å². The van der Waals surface area contributed by atoms with Crippen LogP contribution in [-0.2, 0) is 33.9 Å². The second-order valence-electron chi connectivity index (χ2n) is 14.1. The maximum Gasteiger partial charge on any atom is 2.00 e. The van der Waals surface area contributed by atoms with Crippen molar-refractivity contribution in [2.45, 2.75) is 67.7 Å². The van der Waals surface area contributed by atoms with Gasteiger partial charge in [-0.25, -0.2) is 4.98 Å². The molecule has 3 heterocycles. The Morgan fingerprint density at radius 3 is 2.33 bits per heavy atom. The first kappa shape index (κ1) is 34.4. The van der Waals surface area contributed by atoms with Gasteiger partial charge < -0.3 is 9.30 Å². The number of fused-ring (bicyclic) bond motifs is 3. The second-order valence-corrected chi connectivity index (χ2v) is 14.1. The van der Waals surface area contributed by atoms with Crippen LogP contribution in [0.2, 0.25) is 0 Å². The van der Waals surface area contributed by atoms with Crippen LogP contribution in [0.25, 0.3) is 44.4 Å². The minimum absolute atomic E-state index is 0. The Balaban J connectivity index is 0.00000417. The summed E-state index contributed by atoms with van der Waals surface area (Å²) >= 11 is 0. The van der Waals surface area contributed by atoms with E-state index in [1.165, 1.54) is 16.5 Å². The molecule has 49 heavy (non-hydrogen) atoms. The van der Waals surface area contributed by atoms with E-state index in [0.29, 0.717) is 11.5 Å². The Kier molecular flexibility index (Phi) is 9.69. The number of benzene rings is 4. The van der Waals surface area contributed by atoms with Gasteiger partial charge in [0, 0.05) is 34.5 Å². The maximum atomic E-state index is 6.61. The molecule has 0 aliphatic heterocycles. The minimum atomic E-state index is 0. The average molecular weight is 826 g/mol. The van der Waals surface area contributed by atoms with Gasteiger partial charge in [-0.05, 0) is 78.6 Å². The minimum Gasteiger partial charge on any atom is -0.509 e. The summed E-state index contributed by atoms with van der Waals surface area (Å²) in [6.07, 6.45) is 4.82. The van der Waals surface area contributed by atoms with E-state index < -0.39 is 0 Å². The summed E-state index contributed by atoms with van der Waals surface area (Å²) in [5, 5.41) is 7.28. The number of ether oxygens (including phenoxy) is 1. The van der Waals surface area contributed by atoms with Crippen LogP contribution in [0.5, 0.6) is 11.5 Å². The van der Waals surface area contributed by atoms with Crippen LogP contribution in [0.15, 0.2) is 91.1 Å². The Morgan fingerprint density at radius 1 is 0.796 bits per heavy atom. The molecule has 0 fully saturated rings. The van der Waals surface area contributed by atoms with E-state index in [2.05, 4.69) is 132 Å². The second kappa shape index (κ2) is 13.8. The summed E-state index contributed by atoms with van der Waals surface area (Å²) in [6, 6.07) is 37.0. The molecule has 7 aromatic rings. The quantitative estimate of drug-likeness (QED) is 0.143. The Hall–Kier alpha value is -4.47. The SMILES string of the molecule is CCCc1cc(Oc2[c-]c3c(cc2)c2cc(CC(C)(C)C)ccc2n3-c2cc(C)ccn2)[c-]c(-n2nc(C)c(-c3ccccc3)c2C)c1.[Pt+2]. The first-order chi connectivity index (χ1) is 23.1. The van der Waals surface area contributed by atoms with Gasteiger partial charge in [0.2, 0.25) is 0 Å². The Morgan fingerprint density at radius 2 is 1.59 bits per heavy atom. The molecular formula is C43H42N4OPt. The molecule has 3 aromatic heterocycles. The first-order valence-corrected chi connectivity index (χ1v) is 16.9. The monoisotopic (exact) mass is 825 g/mol. The van der Waals surface area contributed by atoms with E-state index in [1.54, 1.807) is 0 Å². The number of pyridine rings is 1. The van der Waals surface area contributed by atoms with Gasteiger partial charge in [-0.3, -0.25) is 4.68 Å². The van der Waals surface area contributed by atoms with Gasteiger partial charge in [0.25, 0.3) is 0 Å². The molecule has 6 heteroatoms. The third-order valence-electron chi connectivity index (χ3n) is 8.81. The van der Waals surface area contributed by atoms with E-state index in [1.807, 2.05) is 29.1 Å². The predicted molar refractivity (Wildman–Crippen MR) is 197 cm³/mol. The number of aryl methyl sites for hydroxylation is 3. The van der Waals surface area contributed by atoms with Crippen molar-refractivity contribution in [3.63, 3.8) is 0 Å². The summed E-state index contributed by atoms with van der Waals surface area (Å²) in [6.45, 7) is 15.3. The number of rotatable bonds is 8. The summed E-state index contributed by atoms with van der Waals surface area (Å²) < 4.78 is 10.8. The molecule has 7 rings (SSSR count). The molecule has 0 atom stereocenters. The van der Waals surface area contributed by atoms with Gasteiger partial charge in [-0.1, -0.05) is 88.5 Å². The third kappa shape index (κ3) is 7.00. The molecule has 0 aliphatic carbocycles. The Labute approximate surface area is 304 Å². The summed E-state index contributed by atoms with van der Waals surface area (Å²) in [4.78, 5) is 4.78. The molecule has 0 saturated heterocycles. The van der Waals surface area contributed by atoms with Crippen molar-refractivity contribution < 1.29 is 25.8 Å². The molecule has 0 amide bonds. The summed E-state index contributed by atoms with van der Waals surface area (Å²) in [5.41, 5.74) is 11.1. The maximum absolute atomic E-state index is 6.61. The fourth-order valence-electron chi connectivity index (χ4n) is 6.84. The molecule has 0 aliphatic rings. The number of hydrogen-bond donors (Lipinski definition) is 0. The largest absolute Gasteiger partial charge is 2.00 e. The van der Waals surface area contributed by atoms with Crippen LogP contribution in [-0.4, -0.2) is 19.3 Å². The van der Waals surface area contributed by atoms with Crippen LogP contribution in [0, 0.1) is 38.3 Å². The average Bonchev–Trinajstić information content (AvgIpc) is 3.53. The molecule has 0 bridgehead atoms. The van der Waals surface area contributed by atoms with Crippen LogP contribution in [0.1, 0.15) is 62.2 Å². The van der Waals surface area contributed by atoms with Crippen LogP contribution in [0.4, 0.5) is 0 Å². The van der Waals surface area contributed by atoms with Crippen molar-refractivity contribution >= 4 is 21.8 Å². The molecule has 250 valence electrons. The van der Waals surface area contributed by atoms with E-state index >= 15 is 0 Å². The normalized spacial score (nSPS) is 11.7. The third-order valence-corrected chi connectivity index (χ3v) is 8.81. The van der Waals surface area contributed by atoms with Gasteiger partial charge in [0.05, 0.1) is 5.69 Å². The number of aromatic nitrogens is 4. The van der Waals surface area contributed by atoms with Crippen LogP contribution < -0.4 is 4.74 Å². The van der Waals surface area contributed by atoms with Gasteiger partial charge in [0.15, 0.2) is 0 Å². The van der Waals surface area contributed by atoms with Crippen molar-refractivity contribution in [1.82, 2.24) is 19.3 Å². The molecule has 0 spiro atoms. The zero-order valence-electron chi connectivity index (χ0n) is 29.3. The van der Waals surface area contributed by atoms with Crippen molar-refractivity contribution in [1.29, 1.82) is 0 Å². The smallest absolute Gasteiger partial charge is 0.509 e. The van der Waals surface area contributed by atoms with Crippen molar-refractivity contribution in [2.24, 2.45) is 5.41 Å². The van der Waals surface area contributed by atoms with E-state index in [-0.39, 0.29) is 26.5 Å². The Bertz CT molecular complexity index is 2270. The van der Waals surface area contributed by atoms with Gasteiger partial charge in [-0.15, -0.1) is 35.7 Å². The van der Waals surface area contributed by atoms with Crippen molar-refractivity contribution in [3.8, 4) is 34.1 Å². The molecule has 0 N–H and O–H groups in total. The zero-order valence-corrected chi connectivity index (χ0v) is 31.6. The standard InChI is InChI=1S/C43H42N4O.Pt/c1-8-12-31-22-34(47-30(4)42(29(3)45-47)33-13-10-9-11-14-33)25-36(23-31)48-35-16-17-37-38-24-32(27-43(5,6)7)15-18-39(38)46(40(37)26-35)41-21-28(2)19-20-44-41;/h9-11,13-24H,8,12,27H2,1-7H3;/q-2;+2. The molecule has 5 nitrogen and oxygen atoms in total. The van der Waals surface area contributed by atoms with Crippen molar-refractivity contribution in [2.75, 3.05) is 0 Å². The molecule has 0 saturated carbocycles. The van der Waals surface area contributed by atoms with Gasteiger partial charge >= 0.3 is 21.1 Å². The zero-order chi connectivity index (χ0) is 33.6. The number of nitrogens with zero attached hydrogens (tertiary/aromatic N) is 4. The molecule has 0 radical (unpaired) electrons.